The van der Waals surface area contributed by atoms with Gasteiger partial charge in [0.15, 0.2) is 0 Å². The summed E-state index contributed by atoms with van der Waals surface area (Å²) in [5, 5.41) is 10.1. The third-order valence-electron chi connectivity index (χ3n) is 3.77. The maximum atomic E-state index is 12.3. The van der Waals surface area contributed by atoms with Crippen molar-refractivity contribution in [2.75, 3.05) is 6.54 Å². The molecule has 5 nitrogen and oxygen atoms in total. The van der Waals surface area contributed by atoms with E-state index in [0.29, 0.717) is 24.4 Å². The fraction of sp³-hybridized carbons (Fsp3) is 0.529. The number of benzene rings is 1. The zero-order valence-corrected chi connectivity index (χ0v) is 14.3. The predicted molar refractivity (Wildman–Crippen MR) is 87.6 cm³/mol. The van der Waals surface area contributed by atoms with Crippen LogP contribution in [0.2, 0.25) is 5.02 Å². The second-order valence-electron chi connectivity index (χ2n) is 6.88. The van der Waals surface area contributed by atoms with Gasteiger partial charge >= 0.3 is 12.1 Å². The molecule has 0 aromatic heterocycles. The van der Waals surface area contributed by atoms with E-state index >= 15 is 0 Å². The van der Waals surface area contributed by atoms with Crippen LogP contribution in [0.4, 0.5) is 4.79 Å². The van der Waals surface area contributed by atoms with E-state index < -0.39 is 23.7 Å². The lowest BCUT2D eigenvalue weighted by atomic mass is 9.97. The van der Waals surface area contributed by atoms with Gasteiger partial charge in [-0.05, 0) is 51.2 Å². The number of carbonyl (C=O) groups is 2. The van der Waals surface area contributed by atoms with Crippen molar-refractivity contribution in [2.45, 2.75) is 45.3 Å². The molecular formula is C17H22ClNO4. The highest BCUT2D eigenvalue weighted by molar-refractivity contribution is 6.31. The van der Waals surface area contributed by atoms with E-state index in [9.17, 15) is 14.7 Å². The van der Waals surface area contributed by atoms with Crippen molar-refractivity contribution in [2.24, 2.45) is 5.92 Å². The zero-order valence-electron chi connectivity index (χ0n) is 13.6. The summed E-state index contributed by atoms with van der Waals surface area (Å²) in [6.07, 6.45) is 0.467. The van der Waals surface area contributed by atoms with E-state index in [1.807, 2.05) is 24.3 Å². The van der Waals surface area contributed by atoms with Gasteiger partial charge in [0.05, 0.1) is 0 Å². The molecule has 126 valence electrons. The molecule has 2 rings (SSSR count). The molecule has 1 fully saturated rings. The largest absolute Gasteiger partial charge is 0.480 e. The number of carbonyl (C=O) groups excluding carboxylic acids is 1. The number of aliphatic carboxylic acids is 1. The fourth-order valence-electron chi connectivity index (χ4n) is 2.80. The molecule has 23 heavy (non-hydrogen) atoms. The highest BCUT2D eigenvalue weighted by atomic mass is 35.5. The molecule has 1 unspecified atom stereocenters. The van der Waals surface area contributed by atoms with E-state index in [-0.39, 0.29) is 5.92 Å². The van der Waals surface area contributed by atoms with Gasteiger partial charge in [0, 0.05) is 11.6 Å². The Morgan fingerprint density at radius 2 is 2.00 bits per heavy atom. The third-order valence-corrected chi connectivity index (χ3v) is 4.14. The second kappa shape index (κ2) is 6.79. The Kier molecular flexibility index (Phi) is 5.19. The van der Waals surface area contributed by atoms with Crippen LogP contribution in [0.5, 0.6) is 0 Å². The summed E-state index contributed by atoms with van der Waals surface area (Å²) in [5.41, 5.74) is 0.315. The Bertz CT molecular complexity index is 597. The highest BCUT2D eigenvalue weighted by Crippen LogP contribution is 2.30. The zero-order chi connectivity index (χ0) is 17.2. The molecule has 1 aromatic rings. The number of carboxylic acids is 1. The van der Waals surface area contributed by atoms with Crippen molar-refractivity contribution in [1.82, 2.24) is 4.90 Å². The Hall–Kier alpha value is -1.75. The smallest absolute Gasteiger partial charge is 0.411 e. The van der Waals surface area contributed by atoms with Crippen LogP contribution in [0.25, 0.3) is 0 Å². The maximum absolute atomic E-state index is 12.3. The van der Waals surface area contributed by atoms with Crippen LogP contribution >= 0.6 is 11.6 Å². The van der Waals surface area contributed by atoms with Crippen molar-refractivity contribution in [3.05, 3.63) is 34.9 Å². The number of hydrogen-bond acceptors (Lipinski definition) is 3. The number of rotatable bonds is 3. The minimum atomic E-state index is -1.00. The standard InChI is InChI=1S/C17H22ClNO4/c1-17(2,3)23-16(22)19-10-11(9-14(19)15(20)21)8-12-6-4-5-7-13(12)18/h4-7,11,14H,8-10H2,1-3H3,(H,20,21)/t11?,14-/m1/s1. The van der Waals surface area contributed by atoms with Crippen LogP contribution in [0.3, 0.4) is 0 Å². The average Bonchev–Trinajstić information content (AvgIpc) is 2.84. The molecule has 1 N–H and O–H groups in total. The first kappa shape index (κ1) is 17.6. The van der Waals surface area contributed by atoms with Crippen LogP contribution in [-0.4, -0.2) is 40.3 Å². The number of ether oxygens (including phenoxy) is 1. The third kappa shape index (κ3) is 4.61. The normalized spacial score (nSPS) is 21.3. The molecule has 1 amide bonds. The van der Waals surface area contributed by atoms with Crippen LogP contribution in [0.15, 0.2) is 24.3 Å². The molecule has 0 saturated carbocycles. The first-order valence-corrected chi connectivity index (χ1v) is 8.01. The topological polar surface area (TPSA) is 66.8 Å². The highest BCUT2D eigenvalue weighted by Gasteiger charge is 2.41. The van der Waals surface area contributed by atoms with Gasteiger partial charge in [0.25, 0.3) is 0 Å². The molecule has 1 aromatic carbocycles. The van der Waals surface area contributed by atoms with Gasteiger partial charge in [-0.25, -0.2) is 9.59 Å². The summed E-state index contributed by atoms with van der Waals surface area (Å²) in [5.74, 6) is -0.957. The Balaban J connectivity index is 2.10. The minimum absolute atomic E-state index is 0.0449. The van der Waals surface area contributed by atoms with Gasteiger partial charge in [-0.3, -0.25) is 4.90 Å². The molecule has 0 bridgehead atoms. The van der Waals surface area contributed by atoms with Crippen LogP contribution in [0.1, 0.15) is 32.8 Å². The maximum Gasteiger partial charge on any atom is 0.411 e. The van der Waals surface area contributed by atoms with Crippen molar-refractivity contribution >= 4 is 23.7 Å². The molecule has 1 aliphatic rings. The lowest BCUT2D eigenvalue weighted by molar-refractivity contribution is -0.142. The van der Waals surface area contributed by atoms with Gasteiger partial charge in [-0.15, -0.1) is 0 Å². The Morgan fingerprint density at radius 3 is 2.57 bits per heavy atom. The second-order valence-corrected chi connectivity index (χ2v) is 7.29. The molecular weight excluding hydrogens is 318 g/mol. The summed E-state index contributed by atoms with van der Waals surface area (Å²) in [4.78, 5) is 25.0. The Labute approximate surface area is 141 Å². The van der Waals surface area contributed by atoms with Crippen molar-refractivity contribution in [3.63, 3.8) is 0 Å². The molecule has 0 spiro atoms. The van der Waals surface area contributed by atoms with E-state index in [1.165, 1.54) is 4.90 Å². The summed E-state index contributed by atoms with van der Waals surface area (Å²) in [6, 6.07) is 6.64. The van der Waals surface area contributed by atoms with Gasteiger partial charge in [0.1, 0.15) is 11.6 Å². The van der Waals surface area contributed by atoms with Crippen molar-refractivity contribution in [1.29, 1.82) is 0 Å². The molecule has 1 aliphatic heterocycles. The summed E-state index contributed by atoms with van der Waals surface area (Å²) in [6.45, 7) is 5.64. The molecule has 1 saturated heterocycles. The molecule has 6 heteroatoms. The van der Waals surface area contributed by atoms with Crippen molar-refractivity contribution in [3.8, 4) is 0 Å². The monoisotopic (exact) mass is 339 g/mol. The average molecular weight is 340 g/mol. The van der Waals surface area contributed by atoms with Gasteiger partial charge in [0.2, 0.25) is 0 Å². The minimum Gasteiger partial charge on any atom is -0.480 e. The fourth-order valence-corrected chi connectivity index (χ4v) is 3.02. The van der Waals surface area contributed by atoms with E-state index in [2.05, 4.69) is 0 Å². The SMILES string of the molecule is CC(C)(C)OC(=O)N1CC(Cc2ccccc2Cl)C[C@@H]1C(=O)O. The van der Waals surface area contributed by atoms with E-state index in [4.69, 9.17) is 16.3 Å². The van der Waals surface area contributed by atoms with Crippen LogP contribution in [0, 0.1) is 5.92 Å². The number of carboxylic acid groups (broad SMARTS) is 1. The number of halogens is 1. The summed E-state index contributed by atoms with van der Waals surface area (Å²) < 4.78 is 5.32. The molecule has 0 aliphatic carbocycles. The van der Waals surface area contributed by atoms with Gasteiger partial charge < -0.3 is 9.84 Å². The summed E-state index contributed by atoms with van der Waals surface area (Å²) in [7, 11) is 0. The number of nitrogens with zero attached hydrogens (tertiary/aromatic N) is 1. The number of hydrogen-bond donors (Lipinski definition) is 1. The van der Waals surface area contributed by atoms with Gasteiger partial charge in [-0.2, -0.15) is 0 Å². The molecule has 2 atom stereocenters. The lowest BCUT2D eigenvalue weighted by Gasteiger charge is -2.26. The number of amides is 1. The first-order valence-electron chi connectivity index (χ1n) is 7.63. The van der Waals surface area contributed by atoms with Crippen molar-refractivity contribution < 1.29 is 19.4 Å². The van der Waals surface area contributed by atoms with Crippen LogP contribution in [-0.2, 0) is 16.0 Å². The number of likely N-dealkylation sites (tertiary alicyclic amines) is 1. The summed E-state index contributed by atoms with van der Waals surface area (Å²) >= 11 is 6.17. The van der Waals surface area contributed by atoms with Crippen LogP contribution < -0.4 is 0 Å². The molecule has 1 heterocycles. The quantitative estimate of drug-likeness (QED) is 0.913. The van der Waals surface area contributed by atoms with E-state index in [1.54, 1.807) is 20.8 Å². The molecule has 0 radical (unpaired) electrons. The first-order chi connectivity index (χ1) is 10.7. The Morgan fingerprint density at radius 1 is 1.35 bits per heavy atom. The lowest BCUT2D eigenvalue weighted by Crippen LogP contribution is -2.43. The van der Waals surface area contributed by atoms with E-state index in [0.717, 1.165) is 5.56 Å². The van der Waals surface area contributed by atoms with Gasteiger partial charge in [-0.1, -0.05) is 29.8 Å². The predicted octanol–water partition coefficient (Wildman–Crippen LogP) is 3.59.